The third-order valence-electron chi connectivity index (χ3n) is 2.90. The van der Waals surface area contributed by atoms with Gasteiger partial charge in [-0.05, 0) is 25.1 Å². The fourth-order valence-corrected chi connectivity index (χ4v) is 2.04. The monoisotopic (exact) mass is 273 g/mol. The van der Waals surface area contributed by atoms with Gasteiger partial charge in [0.25, 0.3) is 0 Å². The van der Waals surface area contributed by atoms with Gasteiger partial charge in [0, 0.05) is 12.6 Å². The zero-order valence-corrected chi connectivity index (χ0v) is 11.2. The average molecular weight is 274 g/mol. The summed E-state index contributed by atoms with van der Waals surface area (Å²) in [7, 11) is 0. The number of rotatable bonds is 6. The number of aliphatic carboxylic acids is 1. The number of benzene rings is 1. The molecular formula is C13H17ClFNO2. The van der Waals surface area contributed by atoms with Crippen LogP contribution in [0.4, 0.5) is 4.39 Å². The Hall–Kier alpha value is -1.13. The van der Waals surface area contributed by atoms with Gasteiger partial charge in [-0.3, -0.25) is 9.69 Å². The third kappa shape index (κ3) is 3.96. The van der Waals surface area contributed by atoms with Gasteiger partial charge < -0.3 is 5.11 Å². The molecule has 1 unspecified atom stereocenters. The summed E-state index contributed by atoms with van der Waals surface area (Å²) >= 11 is 5.89. The molecule has 0 radical (unpaired) electrons. The smallest absolute Gasteiger partial charge is 0.304 e. The number of carbonyl (C=O) groups is 1. The molecule has 1 atom stereocenters. The van der Waals surface area contributed by atoms with Crippen molar-refractivity contribution in [2.24, 2.45) is 0 Å². The standard InChI is InChI=1S/C13H17ClFNO2/c1-3-16(9(2)7-12(17)18)8-10-5-4-6-11(15)13(10)14/h4-6,9H,3,7-8H2,1-2H3,(H,17,18). The fourth-order valence-electron chi connectivity index (χ4n) is 1.85. The number of hydrogen-bond acceptors (Lipinski definition) is 2. The summed E-state index contributed by atoms with van der Waals surface area (Å²) in [6, 6.07) is 4.54. The Morgan fingerprint density at radius 3 is 2.78 bits per heavy atom. The van der Waals surface area contributed by atoms with Crippen molar-refractivity contribution in [3.8, 4) is 0 Å². The number of nitrogens with zero attached hydrogens (tertiary/aromatic N) is 1. The van der Waals surface area contributed by atoms with Crippen LogP contribution in [0.15, 0.2) is 18.2 Å². The lowest BCUT2D eigenvalue weighted by atomic mass is 10.1. The highest BCUT2D eigenvalue weighted by Gasteiger charge is 2.17. The molecule has 0 aliphatic carbocycles. The first kappa shape index (κ1) is 14.9. The Morgan fingerprint density at radius 1 is 1.56 bits per heavy atom. The van der Waals surface area contributed by atoms with E-state index in [1.165, 1.54) is 6.07 Å². The molecule has 0 heterocycles. The van der Waals surface area contributed by atoms with Crippen LogP contribution in [0.5, 0.6) is 0 Å². The van der Waals surface area contributed by atoms with E-state index in [4.69, 9.17) is 16.7 Å². The molecule has 3 nitrogen and oxygen atoms in total. The van der Waals surface area contributed by atoms with E-state index in [1.807, 2.05) is 18.7 Å². The van der Waals surface area contributed by atoms with Crippen LogP contribution in [0.1, 0.15) is 25.8 Å². The van der Waals surface area contributed by atoms with Crippen LogP contribution in [0.2, 0.25) is 5.02 Å². The van der Waals surface area contributed by atoms with E-state index < -0.39 is 11.8 Å². The lowest BCUT2D eigenvalue weighted by Gasteiger charge is -2.27. The summed E-state index contributed by atoms with van der Waals surface area (Å²) in [6.07, 6.45) is 0.0563. The van der Waals surface area contributed by atoms with E-state index in [9.17, 15) is 9.18 Å². The molecule has 1 aromatic rings. The van der Waals surface area contributed by atoms with Crippen LogP contribution in [0.3, 0.4) is 0 Å². The Labute approximate surface area is 111 Å². The van der Waals surface area contributed by atoms with Crippen molar-refractivity contribution in [1.82, 2.24) is 4.90 Å². The number of hydrogen-bond donors (Lipinski definition) is 1. The lowest BCUT2D eigenvalue weighted by Crippen LogP contribution is -2.34. The van der Waals surface area contributed by atoms with Gasteiger partial charge in [-0.25, -0.2) is 4.39 Å². The van der Waals surface area contributed by atoms with Crippen LogP contribution >= 0.6 is 11.6 Å². The molecule has 0 amide bonds. The van der Waals surface area contributed by atoms with Gasteiger partial charge in [0.15, 0.2) is 0 Å². The van der Waals surface area contributed by atoms with E-state index in [-0.39, 0.29) is 17.5 Å². The minimum absolute atomic E-state index is 0.0563. The topological polar surface area (TPSA) is 40.5 Å². The maximum absolute atomic E-state index is 13.3. The molecule has 5 heteroatoms. The predicted octanol–water partition coefficient (Wildman–Crippen LogP) is 3.16. The van der Waals surface area contributed by atoms with Crippen molar-refractivity contribution >= 4 is 17.6 Å². The van der Waals surface area contributed by atoms with Crippen molar-refractivity contribution in [1.29, 1.82) is 0 Å². The number of carboxylic acids is 1. The summed E-state index contributed by atoms with van der Waals surface area (Å²) in [5.74, 6) is -1.29. The molecule has 100 valence electrons. The normalized spacial score (nSPS) is 12.7. The molecule has 0 aliphatic heterocycles. The Balaban J connectivity index is 2.79. The van der Waals surface area contributed by atoms with Gasteiger partial charge in [0.2, 0.25) is 0 Å². The molecule has 18 heavy (non-hydrogen) atoms. The molecule has 0 fully saturated rings. The summed E-state index contributed by atoms with van der Waals surface area (Å²) in [4.78, 5) is 12.6. The Bertz CT molecular complexity index is 425. The van der Waals surface area contributed by atoms with Crippen molar-refractivity contribution in [3.63, 3.8) is 0 Å². The molecular weight excluding hydrogens is 257 g/mol. The molecule has 1 N–H and O–H groups in total. The first-order valence-electron chi connectivity index (χ1n) is 5.84. The molecule has 0 saturated carbocycles. The molecule has 0 aromatic heterocycles. The van der Waals surface area contributed by atoms with Crippen molar-refractivity contribution in [3.05, 3.63) is 34.6 Å². The van der Waals surface area contributed by atoms with Gasteiger partial charge in [-0.2, -0.15) is 0 Å². The van der Waals surface area contributed by atoms with Gasteiger partial charge in [-0.1, -0.05) is 30.7 Å². The summed E-state index contributed by atoms with van der Waals surface area (Å²) in [6.45, 7) is 4.90. The fraction of sp³-hybridized carbons (Fsp3) is 0.462. The highest BCUT2D eigenvalue weighted by atomic mass is 35.5. The van der Waals surface area contributed by atoms with Crippen LogP contribution < -0.4 is 0 Å². The summed E-state index contributed by atoms with van der Waals surface area (Å²) < 4.78 is 13.3. The molecule has 0 aliphatic rings. The van der Waals surface area contributed by atoms with E-state index in [0.717, 1.165) is 0 Å². The first-order valence-corrected chi connectivity index (χ1v) is 6.22. The largest absolute Gasteiger partial charge is 0.481 e. The van der Waals surface area contributed by atoms with E-state index in [1.54, 1.807) is 12.1 Å². The van der Waals surface area contributed by atoms with Crippen molar-refractivity contribution in [2.45, 2.75) is 32.9 Å². The second kappa shape index (κ2) is 6.71. The van der Waals surface area contributed by atoms with Gasteiger partial charge in [-0.15, -0.1) is 0 Å². The molecule has 0 bridgehead atoms. The highest BCUT2D eigenvalue weighted by molar-refractivity contribution is 6.31. The Morgan fingerprint density at radius 2 is 2.22 bits per heavy atom. The minimum atomic E-state index is -0.841. The van der Waals surface area contributed by atoms with Crippen molar-refractivity contribution in [2.75, 3.05) is 6.54 Å². The molecule has 0 saturated heterocycles. The number of carboxylic acid groups (broad SMARTS) is 1. The van der Waals surface area contributed by atoms with E-state index >= 15 is 0 Å². The second-order valence-corrected chi connectivity index (χ2v) is 4.60. The SMILES string of the molecule is CCN(Cc1cccc(F)c1Cl)C(C)CC(=O)O. The second-order valence-electron chi connectivity index (χ2n) is 4.22. The number of halogens is 2. The van der Waals surface area contributed by atoms with E-state index in [2.05, 4.69) is 0 Å². The van der Waals surface area contributed by atoms with Crippen LogP contribution in [0, 0.1) is 5.82 Å². The maximum atomic E-state index is 13.3. The maximum Gasteiger partial charge on any atom is 0.304 e. The van der Waals surface area contributed by atoms with Crippen molar-refractivity contribution < 1.29 is 14.3 Å². The van der Waals surface area contributed by atoms with Gasteiger partial charge >= 0.3 is 5.97 Å². The zero-order valence-electron chi connectivity index (χ0n) is 10.5. The van der Waals surface area contributed by atoms with Crippen LogP contribution in [-0.2, 0) is 11.3 Å². The zero-order chi connectivity index (χ0) is 13.7. The summed E-state index contributed by atoms with van der Waals surface area (Å²) in [5.41, 5.74) is 0.677. The quantitative estimate of drug-likeness (QED) is 0.865. The molecule has 1 aromatic carbocycles. The molecule has 1 rings (SSSR count). The summed E-state index contributed by atoms with van der Waals surface area (Å²) in [5, 5.41) is 8.89. The third-order valence-corrected chi connectivity index (χ3v) is 3.33. The lowest BCUT2D eigenvalue weighted by molar-refractivity contribution is -0.138. The van der Waals surface area contributed by atoms with Gasteiger partial charge in [0.05, 0.1) is 11.4 Å². The van der Waals surface area contributed by atoms with Crippen LogP contribution in [0.25, 0.3) is 0 Å². The van der Waals surface area contributed by atoms with Gasteiger partial charge in [0.1, 0.15) is 5.82 Å². The van der Waals surface area contributed by atoms with E-state index in [0.29, 0.717) is 18.7 Å². The van der Waals surface area contributed by atoms with Crippen LogP contribution in [-0.4, -0.2) is 28.6 Å². The first-order chi connectivity index (χ1) is 8.45. The molecule has 0 spiro atoms. The predicted molar refractivity (Wildman–Crippen MR) is 69.2 cm³/mol. The highest BCUT2D eigenvalue weighted by Crippen LogP contribution is 2.22. The minimum Gasteiger partial charge on any atom is -0.481 e. The average Bonchev–Trinajstić information content (AvgIpc) is 2.30. The Kier molecular flexibility index (Phi) is 5.56.